The van der Waals surface area contributed by atoms with Gasteiger partial charge in [0.15, 0.2) is 0 Å². The molecule has 0 atom stereocenters. The van der Waals surface area contributed by atoms with E-state index >= 15 is 0 Å². The molecular weight excluding hydrogens is 352 g/mol. The Balaban J connectivity index is 2.35. The minimum atomic E-state index is -3.67. The maximum absolute atomic E-state index is 12.2. The summed E-state index contributed by atoms with van der Waals surface area (Å²) in [6.45, 7) is 1.86. The van der Waals surface area contributed by atoms with Gasteiger partial charge < -0.3 is 0 Å². The van der Waals surface area contributed by atoms with Crippen molar-refractivity contribution in [3.63, 3.8) is 0 Å². The average Bonchev–Trinajstić information content (AvgIpc) is 2.32. The van der Waals surface area contributed by atoms with Crippen LogP contribution in [0.5, 0.6) is 0 Å². The quantitative estimate of drug-likeness (QED) is 0.908. The smallest absolute Gasteiger partial charge is 0.263 e. The zero-order valence-electron chi connectivity index (χ0n) is 9.89. The second kappa shape index (κ2) is 5.48. The van der Waals surface area contributed by atoms with Crippen LogP contribution >= 0.6 is 27.5 Å². The second-order valence-corrected chi connectivity index (χ2v) is 6.84. The first-order valence-corrected chi connectivity index (χ1v) is 7.94. The van der Waals surface area contributed by atoms with Gasteiger partial charge >= 0.3 is 0 Å². The second-order valence-electron chi connectivity index (χ2n) is 3.90. The zero-order valence-corrected chi connectivity index (χ0v) is 13.1. The highest BCUT2D eigenvalue weighted by molar-refractivity contribution is 9.10. The molecule has 19 heavy (non-hydrogen) atoms. The minimum Gasteiger partial charge on any atom is -0.263 e. The number of aromatic nitrogens is 1. The van der Waals surface area contributed by atoms with Crippen LogP contribution in [0.1, 0.15) is 5.56 Å². The molecule has 0 aliphatic heterocycles. The van der Waals surface area contributed by atoms with E-state index in [4.69, 9.17) is 11.6 Å². The van der Waals surface area contributed by atoms with E-state index in [-0.39, 0.29) is 10.7 Å². The molecule has 1 heterocycles. The van der Waals surface area contributed by atoms with Gasteiger partial charge in [-0.05, 0) is 58.7 Å². The summed E-state index contributed by atoms with van der Waals surface area (Å²) in [5.41, 5.74) is 0.921. The number of halogens is 2. The normalized spacial score (nSPS) is 11.3. The molecule has 0 bridgehead atoms. The van der Waals surface area contributed by atoms with Gasteiger partial charge in [-0.1, -0.05) is 11.6 Å². The highest BCUT2D eigenvalue weighted by Gasteiger charge is 2.16. The molecule has 0 saturated carbocycles. The number of rotatable bonds is 3. The molecule has 1 aromatic heterocycles. The third kappa shape index (κ3) is 3.46. The first-order valence-electron chi connectivity index (χ1n) is 5.29. The van der Waals surface area contributed by atoms with Crippen LogP contribution in [0.2, 0.25) is 5.02 Å². The average molecular weight is 362 g/mol. The minimum absolute atomic E-state index is 0.118. The van der Waals surface area contributed by atoms with Crippen LogP contribution in [0.3, 0.4) is 0 Å². The number of hydrogen-bond donors (Lipinski definition) is 1. The topological polar surface area (TPSA) is 59.1 Å². The number of sulfonamides is 1. The Kier molecular flexibility index (Phi) is 4.13. The highest BCUT2D eigenvalue weighted by atomic mass is 79.9. The molecule has 0 radical (unpaired) electrons. The Morgan fingerprint density at radius 3 is 2.63 bits per heavy atom. The van der Waals surface area contributed by atoms with Crippen LogP contribution in [0.25, 0.3) is 0 Å². The molecule has 2 rings (SSSR count). The summed E-state index contributed by atoms with van der Waals surface area (Å²) in [5, 5.41) is 0.452. The molecular formula is C12H10BrClN2O2S. The summed E-state index contributed by atoms with van der Waals surface area (Å²) >= 11 is 9.03. The monoisotopic (exact) mass is 360 g/mol. The summed E-state index contributed by atoms with van der Waals surface area (Å²) in [4.78, 5) is 4.08. The van der Waals surface area contributed by atoms with Gasteiger partial charge in [-0.3, -0.25) is 4.72 Å². The molecule has 4 nitrogen and oxygen atoms in total. The molecule has 0 saturated heterocycles. The van der Waals surface area contributed by atoms with Crippen molar-refractivity contribution in [2.24, 2.45) is 0 Å². The lowest BCUT2D eigenvalue weighted by atomic mass is 10.3. The Morgan fingerprint density at radius 1 is 1.26 bits per heavy atom. The third-order valence-corrected chi connectivity index (χ3v) is 4.92. The number of nitrogens with zero attached hydrogens (tertiary/aromatic N) is 1. The van der Waals surface area contributed by atoms with Gasteiger partial charge in [0, 0.05) is 10.7 Å². The van der Waals surface area contributed by atoms with Crippen molar-refractivity contribution in [3.05, 3.63) is 51.6 Å². The lowest BCUT2D eigenvalue weighted by Gasteiger charge is -2.08. The molecule has 0 aliphatic rings. The van der Waals surface area contributed by atoms with E-state index in [0.717, 1.165) is 5.56 Å². The summed E-state index contributed by atoms with van der Waals surface area (Å²) in [5.74, 6) is 0.283. The van der Waals surface area contributed by atoms with Gasteiger partial charge in [0.2, 0.25) is 0 Å². The standard InChI is InChI=1S/C12H10BrClN2O2S/c1-8-4-5-15-12(6-8)16-19(17,18)9-2-3-11(14)10(13)7-9/h2-7H,1H3,(H,15,16). The first-order chi connectivity index (χ1) is 8.88. The van der Waals surface area contributed by atoms with E-state index in [1.165, 1.54) is 18.2 Å². The SMILES string of the molecule is Cc1ccnc(NS(=O)(=O)c2ccc(Cl)c(Br)c2)c1. The fourth-order valence-corrected chi connectivity index (χ4v) is 3.11. The maximum Gasteiger partial charge on any atom is 0.263 e. The predicted octanol–water partition coefficient (Wildman–Crippen LogP) is 3.61. The molecule has 2 aromatic rings. The van der Waals surface area contributed by atoms with Crippen molar-refractivity contribution in [1.29, 1.82) is 0 Å². The van der Waals surface area contributed by atoms with Gasteiger partial charge in [0.1, 0.15) is 5.82 Å². The van der Waals surface area contributed by atoms with Crippen LogP contribution in [0, 0.1) is 6.92 Å². The number of benzene rings is 1. The number of anilines is 1. The van der Waals surface area contributed by atoms with Crippen LogP contribution in [-0.4, -0.2) is 13.4 Å². The molecule has 0 aliphatic carbocycles. The van der Waals surface area contributed by atoms with Gasteiger partial charge in [0.25, 0.3) is 10.0 Å². The van der Waals surface area contributed by atoms with Crippen molar-refractivity contribution >= 4 is 43.4 Å². The van der Waals surface area contributed by atoms with Gasteiger partial charge in [-0.25, -0.2) is 13.4 Å². The van der Waals surface area contributed by atoms with E-state index < -0.39 is 10.0 Å². The van der Waals surface area contributed by atoms with Crippen molar-refractivity contribution in [1.82, 2.24) is 4.98 Å². The summed E-state index contributed by atoms with van der Waals surface area (Å²) in [6.07, 6.45) is 1.55. The molecule has 0 spiro atoms. The Labute approximate surface area is 125 Å². The fourth-order valence-electron chi connectivity index (χ4n) is 1.43. The van der Waals surface area contributed by atoms with E-state index in [1.807, 2.05) is 6.92 Å². The molecule has 0 fully saturated rings. The van der Waals surface area contributed by atoms with Crippen molar-refractivity contribution < 1.29 is 8.42 Å². The largest absolute Gasteiger partial charge is 0.263 e. The summed E-state index contributed by atoms with van der Waals surface area (Å²) in [6, 6.07) is 7.84. The first kappa shape index (κ1) is 14.3. The molecule has 7 heteroatoms. The number of hydrogen-bond acceptors (Lipinski definition) is 3. The molecule has 100 valence electrons. The molecule has 0 amide bonds. The third-order valence-electron chi connectivity index (χ3n) is 2.36. The van der Waals surface area contributed by atoms with Crippen molar-refractivity contribution in [2.45, 2.75) is 11.8 Å². The van der Waals surface area contributed by atoms with Crippen molar-refractivity contribution in [3.8, 4) is 0 Å². The lowest BCUT2D eigenvalue weighted by molar-refractivity contribution is 0.601. The van der Waals surface area contributed by atoms with Crippen LogP contribution < -0.4 is 4.72 Å². The Bertz CT molecular complexity index is 719. The number of nitrogens with one attached hydrogen (secondary N) is 1. The van der Waals surface area contributed by atoms with Gasteiger partial charge in [-0.15, -0.1) is 0 Å². The van der Waals surface area contributed by atoms with Crippen molar-refractivity contribution in [2.75, 3.05) is 4.72 Å². The number of aryl methyl sites for hydroxylation is 1. The lowest BCUT2D eigenvalue weighted by Crippen LogP contribution is -2.14. The van der Waals surface area contributed by atoms with Gasteiger partial charge in [-0.2, -0.15) is 0 Å². The van der Waals surface area contributed by atoms with E-state index in [1.54, 1.807) is 18.3 Å². The fraction of sp³-hybridized carbons (Fsp3) is 0.0833. The van der Waals surface area contributed by atoms with E-state index in [9.17, 15) is 8.42 Å². The summed E-state index contributed by atoms with van der Waals surface area (Å²) < 4.78 is 27.3. The highest BCUT2D eigenvalue weighted by Crippen LogP contribution is 2.26. The van der Waals surface area contributed by atoms with Crippen LogP contribution in [-0.2, 0) is 10.0 Å². The maximum atomic E-state index is 12.2. The number of pyridine rings is 1. The van der Waals surface area contributed by atoms with Gasteiger partial charge in [0.05, 0.1) is 9.92 Å². The van der Waals surface area contributed by atoms with Crippen LogP contribution in [0.4, 0.5) is 5.82 Å². The van der Waals surface area contributed by atoms with E-state index in [2.05, 4.69) is 25.6 Å². The zero-order chi connectivity index (χ0) is 14.0. The molecule has 1 aromatic carbocycles. The molecule has 0 unspecified atom stereocenters. The Hall–Kier alpha value is -1.11. The Morgan fingerprint density at radius 2 is 2.00 bits per heavy atom. The predicted molar refractivity (Wildman–Crippen MR) is 78.9 cm³/mol. The summed E-state index contributed by atoms with van der Waals surface area (Å²) in [7, 11) is -3.67. The van der Waals surface area contributed by atoms with E-state index in [0.29, 0.717) is 9.50 Å². The molecule has 1 N–H and O–H groups in total. The van der Waals surface area contributed by atoms with Crippen LogP contribution in [0.15, 0.2) is 45.9 Å².